The number of nitrogen functional groups attached to an aromatic ring is 1. The highest BCUT2D eigenvalue weighted by Crippen LogP contribution is 2.25. The van der Waals surface area contributed by atoms with Gasteiger partial charge in [0, 0.05) is 6.42 Å². The first-order valence-corrected chi connectivity index (χ1v) is 6.91. The van der Waals surface area contributed by atoms with Crippen LogP contribution in [0.3, 0.4) is 0 Å². The van der Waals surface area contributed by atoms with Crippen LogP contribution < -0.4 is 16.6 Å². The first kappa shape index (κ1) is 12.8. The number of amides is 2. The number of nitrogens with one attached hydrogen (secondary N) is 1. The minimum absolute atomic E-state index is 0.215. The van der Waals surface area contributed by atoms with E-state index in [-0.39, 0.29) is 17.9 Å². The topological polar surface area (TPSA) is 107 Å². The summed E-state index contributed by atoms with van der Waals surface area (Å²) in [5, 5.41) is 2.75. The van der Waals surface area contributed by atoms with Gasteiger partial charge in [-0.2, -0.15) is 0 Å². The Labute approximate surface area is 117 Å². The Hall–Kier alpha value is -2.22. The highest BCUT2D eigenvalue weighted by Gasteiger charge is 2.30. The zero-order valence-corrected chi connectivity index (χ0v) is 11.5. The number of carbonyl (C=O) groups excluding carboxylic acids is 2. The molecule has 0 bridgehead atoms. The van der Waals surface area contributed by atoms with Crippen LogP contribution in [-0.4, -0.2) is 21.4 Å². The molecule has 104 valence electrons. The van der Waals surface area contributed by atoms with Gasteiger partial charge in [0.25, 0.3) is 5.56 Å². The van der Waals surface area contributed by atoms with Crippen molar-refractivity contribution in [1.29, 1.82) is 0 Å². The summed E-state index contributed by atoms with van der Waals surface area (Å²) in [6.07, 6.45) is 0.520. The number of hydrogen-bond donors (Lipinski definition) is 2. The standard InChI is InChI=1S/C12H12N4O3S/c1-5-14-6-4-8(13)20-10(6)12(19)16(5)7-2-3-9(17)15-11(7)18/h4,7H,2-3,13H2,1H3,(H,15,17,18). The van der Waals surface area contributed by atoms with Crippen molar-refractivity contribution in [1.82, 2.24) is 14.9 Å². The number of imide groups is 1. The second-order valence-electron chi connectivity index (χ2n) is 4.66. The Bertz CT molecular complexity index is 792. The van der Waals surface area contributed by atoms with E-state index in [1.165, 1.54) is 4.57 Å². The fourth-order valence-corrected chi connectivity index (χ4v) is 3.22. The molecule has 7 nitrogen and oxygen atoms in total. The smallest absolute Gasteiger partial charge is 0.272 e. The van der Waals surface area contributed by atoms with Crippen LogP contribution in [0.1, 0.15) is 24.7 Å². The van der Waals surface area contributed by atoms with Gasteiger partial charge in [-0.25, -0.2) is 4.98 Å². The van der Waals surface area contributed by atoms with Gasteiger partial charge in [0.15, 0.2) is 0 Å². The van der Waals surface area contributed by atoms with Gasteiger partial charge in [0.1, 0.15) is 16.6 Å². The normalized spacial score (nSPS) is 19.4. The van der Waals surface area contributed by atoms with Crippen LogP contribution in [0.2, 0.25) is 0 Å². The first-order valence-electron chi connectivity index (χ1n) is 6.09. The zero-order chi connectivity index (χ0) is 14.4. The van der Waals surface area contributed by atoms with Crippen LogP contribution >= 0.6 is 11.3 Å². The van der Waals surface area contributed by atoms with Crippen molar-refractivity contribution < 1.29 is 9.59 Å². The van der Waals surface area contributed by atoms with Gasteiger partial charge in [-0.3, -0.25) is 24.3 Å². The van der Waals surface area contributed by atoms with E-state index >= 15 is 0 Å². The lowest BCUT2D eigenvalue weighted by molar-refractivity contribution is -0.135. The van der Waals surface area contributed by atoms with Crippen molar-refractivity contribution in [3.63, 3.8) is 0 Å². The molecule has 1 aliphatic rings. The quantitative estimate of drug-likeness (QED) is 0.736. The molecule has 3 rings (SSSR count). The largest absolute Gasteiger partial charge is 0.391 e. The number of nitrogens with zero attached hydrogens (tertiary/aromatic N) is 2. The highest BCUT2D eigenvalue weighted by molar-refractivity contribution is 7.22. The predicted octanol–water partition coefficient (Wildman–Crippen LogP) is 0.326. The lowest BCUT2D eigenvalue weighted by Gasteiger charge is -2.24. The third-order valence-electron chi connectivity index (χ3n) is 3.30. The van der Waals surface area contributed by atoms with Crippen molar-refractivity contribution in [2.45, 2.75) is 25.8 Å². The van der Waals surface area contributed by atoms with Gasteiger partial charge in [-0.1, -0.05) is 0 Å². The molecule has 20 heavy (non-hydrogen) atoms. The molecule has 0 radical (unpaired) electrons. The number of aromatic nitrogens is 2. The molecule has 3 heterocycles. The second-order valence-corrected chi connectivity index (χ2v) is 5.75. The molecule has 0 aliphatic carbocycles. The van der Waals surface area contributed by atoms with E-state index in [0.717, 1.165) is 11.3 Å². The molecule has 1 saturated heterocycles. The molecule has 1 atom stereocenters. The summed E-state index contributed by atoms with van der Waals surface area (Å²) in [5.74, 6) is -0.335. The number of piperidine rings is 1. The number of anilines is 1. The first-order chi connectivity index (χ1) is 9.47. The lowest BCUT2D eigenvalue weighted by Crippen LogP contribution is -2.45. The van der Waals surface area contributed by atoms with E-state index in [2.05, 4.69) is 10.3 Å². The number of fused-ring (bicyclic) bond motifs is 1. The molecule has 2 amide bonds. The number of hydrogen-bond acceptors (Lipinski definition) is 6. The maximum absolute atomic E-state index is 12.5. The Morgan fingerprint density at radius 3 is 2.90 bits per heavy atom. The predicted molar refractivity (Wildman–Crippen MR) is 74.5 cm³/mol. The molecule has 8 heteroatoms. The monoisotopic (exact) mass is 292 g/mol. The van der Waals surface area contributed by atoms with E-state index < -0.39 is 11.9 Å². The molecule has 2 aromatic rings. The summed E-state index contributed by atoms with van der Waals surface area (Å²) < 4.78 is 1.78. The van der Waals surface area contributed by atoms with Gasteiger partial charge >= 0.3 is 0 Å². The van der Waals surface area contributed by atoms with Gasteiger partial charge in [0.05, 0.1) is 10.5 Å². The molecule has 1 aliphatic heterocycles. The third-order valence-corrected chi connectivity index (χ3v) is 4.24. The molecule has 1 unspecified atom stereocenters. The van der Waals surface area contributed by atoms with E-state index in [9.17, 15) is 14.4 Å². The van der Waals surface area contributed by atoms with E-state index in [1.807, 2.05) is 0 Å². The molecule has 0 aromatic carbocycles. The summed E-state index contributed by atoms with van der Waals surface area (Å²) >= 11 is 1.15. The fourth-order valence-electron chi connectivity index (χ4n) is 2.42. The van der Waals surface area contributed by atoms with Crippen LogP contribution in [-0.2, 0) is 9.59 Å². The van der Waals surface area contributed by atoms with Crippen molar-refractivity contribution in [2.75, 3.05) is 5.73 Å². The Kier molecular flexibility index (Phi) is 2.82. The van der Waals surface area contributed by atoms with E-state index in [0.29, 0.717) is 27.5 Å². The SMILES string of the molecule is Cc1nc2cc(N)sc2c(=O)n1C1CCC(=O)NC1=O. The summed E-state index contributed by atoms with van der Waals surface area (Å²) in [5.41, 5.74) is 5.94. The van der Waals surface area contributed by atoms with Crippen molar-refractivity contribution >= 4 is 38.4 Å². The Morgan fingerprint density at radius 1 is 1.45 bits per heavy atom. The lowest BCUT2D eigenvalue weighted by atomic mass is 10.1. The van der Waals surface area contributed by atoms with Gasteiger partial charge in [-0.05, 0) is 19.4 Å². The van der Waals surface area contributed by atoms with E-state index in [1.54, 1.807) is 13.0 Å². The number of aryl methyl sites for hydroxylation is 1. The van der Waals surface area contributed by atoms with E-state index in [4.69, 9.17) is 5.73 Å². The summed E-state index contributed by atoms with van der Waals surface area (Å²) in [6.45, 7) is 1.67. The van der Waals surface area contributed by atoms with Crippen molar-refractivity contribution in [3.8, 4) is 0 Å². The summed E-state index contributed by atoms with van der Waals surface area (Å²) in [4.78, 5) is 39.9. The van der Waals surface area contributed by atoms with Crippen LogP contribution in [0.25, 0.3) is 10.2 Å². The number of carbonyl (C=O) groups is 2. The molecule has 1 fully saturated rings. The van der Waals surface area contributed by atoms with Crippen LogP contribution in [0.5, 0.6) is 0 Å². The average molecular weight is 292 g/mol. The van der Waals surface area contributed by atoms with Gasteiger partial charge in [-0.15, -0.1) is 11.3 Å². The van der Waals surface area contributed by atoms with Crippen LogP contribution in [0.4, 0.5) is 5.00 Å². The van der Waals surface area contributed by atoms with Crippen molar-refractivity contribution in [3.05, 3.63) is 22.2 Å². The highest BCUT2D eigenvalue weighted by atomic mass is 32.1. The molecular formula is C12H12N4O3S. The minimum Gasteiger partial charge on any atom is -0.391 e. The van der Waals surface area contributed by atoms with Gasteiger partial charge in [0.2, 0.25) is 11.8 Å². The molecule has 3 N–H and O–H groups in total. The summed E-state index contributed by atoms with van der Waals surface area (Å²) in [7, 11) is 0. The van der Waals surface area contributed by atoms with Crippen LogP contribution in [0.15, 0.2) is 10.9 Å². The average Bonchev–Trinajstić information content (AvgIpc) is 2.72. The number of thiophene rings is 1. The van der Waals surface area contributed by atoms with Gasteiger partial charge < -0.3 is 5.73 Å². The van der Waals surface area contributed by atoms with Crippen molar-refractivity contribution in [2.24, 2.45) is 0 Å². The Morgan fingerprint density at radius 2 is 2.20 bits per heavy atom. The molecular weight excluding hydrogens is 280 g/mol. The second kappa shape index (κ2) is 4.41. The zero-order valence-electron chi connectivity index (χ0n) is 10.7. The third kappa shape index (κ3) is 1.88. The Balaban J connectivity index is 2.18. The van der Waals surface area contributed by atoms with Crippen LogP contribution in [0, 0.1) is 6.92 Å². The molecule has 0 spiro atoms. The number of rotatable bonds is 1. The molecule has 0 saturated carbocycles. The maximum Gasteiger partial charge on any atom is 0.272 e. The maximum atomic E-state index is 12.5. The minimum atomic E-state index is -0.694. The number of nitrogens with two attached hydrogens (primary N) is 1. The molecule has 2 aromatic heterocycles. The fraction of sp³-hybridized carbons (Fsp3) is 0.333. The summed E-state index contributed by atoms with van der Waals surface area (Å²) in [6, 6.07) is 0.948.